The summed E-state index contributed by atoms with van der Waals surface area (Å²) in [4.78, 5) is 0. The summed E-state index contributed by atoms with van der Waals surface area (Å²) in [5.41, 5.74) is 1.83. The van der Waals surface area contributed by atoms with Gasteiger partial charge in [-0.05, 0) is 47.9 Å². The van der Waals surface area contributed by atoms with Crippen molar-refractivity contribution >= 4 is 15.9 Å². The van der Waals surface area contributed by atoms with Crippen LogP contribution in [0, 0.1) is 24.4 Å². The maximum atomic E-state index is 13.7. The van der Waals surface area contributed by atoms with E-state index in [-0.39, 0.29) is 6.61 Å². The molecule has 5 heteroatoms. The SMILES string of the molecule is Cc1ccc(F)cc1COc1c(F)cc(CBr)cc1F. The van der Waals surface area contributed by atoms with Gasteiger partial charge in [-0.2, -0.15) is 0 Å². The molecule has 0 amide bonds. The molecular weight excluding hydrogens is 333 g/mol. The zero-order valence-corrected chi connectivity index (χ0v) is 12.3. The molecule has 2 aromatic carbocycles. The lowest BCUT2D eigenvalue weighted by molar-refractivity contribution is 0.273. The molecule has 0 heterocycles. The average Bonchev–Trinajstić information content (AvgIpc) is 2.41. The summed E-state index contributed by atoms with van der Waals surface area (Å²) in [5, 5.41) is 0.351. The summed E-state index contributed by atoms with van der Waals surface area (Å²) in [6.07, 6.45) is 0. The summed E-state index contributed by atoms with van der Waals surface area (Å²) >= 11 is 3.13. The predicted molar refractivity (Wildman–Crippen MR) is 74.5 cm³/mol. The number of benzene rings is 2. The molecule has 0 saturated heterocycles. The molecule has 0 radical (unpaired) electrons. The Bertz CT molecular complexity index is 606. The zero-order valence-electron chi connectivity index (χ0n) is 10.7. The standard InChI is InChI=1S/C15H12BrF3O/c1-9-2-3-12(17)6-11(9)8-20-15-13(18)4-10(7-16)5-14(15)19/h2-6H,7-8H2,1H3. The number of alkyl halides is 1. The number of rotatable bonds is 4. The second kappa shape index (κ2) is 6.31. The molecule has 20 heavy (non-hydrogen) atoms. The number of hydrogen-bond donors (Lipinski definition) is 0. The zero-order chi connectivity index (χ0) is 14.7. The fourth-order valence-corrected chi connectivity index (χ4v) is 2.10. The second-order valence-corrected chi connectivity index (χ2v) is 4.94. The van der Waals surface area contributed by atoms with Crippen LogP contribution in [0.5, 0.6) is 5.75 Å². The Morgan fingerprint density at radius 1 is 1.05 bits per heavy atom. The topological polar surface area (TPSA) is 9.23 Å². The Balaban J connectivity index is 2.21. The minimum atomic E-state index is -0.770. The van der Waals surface area contributed by atoms with Gasteiger partial charge in [0.25, 0.3) is 0 Å². The molecule has 106 valence electrons. The Morgan fingerprint density at radius 3 is 2.30 bits per heavy atom. The normalized spacial score (nSPS) is 10.7. The third-order valence-corrected chi connectivity index (χ3v) is 3.54. The molecule has 0 unspecified atom stereocenters. The van der Waals surface area contributed by atoms with E-state index in [1.165, 1.54) is 24.3 Å². The van der Waals surface area contributed by atoms with E-state index in [1.54, 1.807) is 13.0 Å². The lowest BCUT2D eigenvalue weighted by atomic mass is 10.1. The van der Waals surface area contributed by atoms with E-state index in [0.29, 0.717) is 16.5 Å². The number of hydrogen-bond acceptors (Lipinski definition) is 1. The van der Waals surface area contributed by atoms with E-state index in [9.17, 15) is 13.2 Å². The third kappa shape index (κ3) is 3.33. The van der Waals surface area contributed by atoms with Gasteiger partial charge in [0, 0.05) is 5.33 Å². The van der Waals surface area contributed by atoms with Gasteiger partial charge in [-0.3, -0.25) is 0 Å². The monoisotopic (exact) mass is 344 g/mol. The van der Waals surface area contributed by atoms with Crippen LogP contribution in [0.1, 0.15) is 16.7 Å². The first kappa shape index (κ1) is 14.9. The average molecular weight is 345 g/mol. The van der Waals surface area contributed by atoms with Crippen LogP contribution in [0.2, 0.25) is 0 Å². The molecule has 0 aliphatic rings. The van der Waals surface area contributed by atoms with Crippen molar-refractivity contribution in [2.45, 2.75) is 18.9 Å². The van der Waals surface area contributed by atoms with Crippen LogP contribution in [-0.2, 0) is 11.9 Å². The van der Waals surface area contributed by atoms with Crippen molar-refractivity contribution in [3.05, 3.63) is 64.5 Å². The second-order valence-electron chi connectivity index (χ2n) is 4.38. The van der Waals surface area contributed by atoms with Gasteiger partial charge in [-0.15, -0.1) is 0 Å². The Kier molecular flexibility index (Phi) is 4.70. The largest absolute Gasteiger partial charge is 0.483 e. The van der Waals surface area contributed by atoms with Crippen molar-refractivity contribution in [3.63, 3.8) is 0 Å². The maximum Gasteiger partial charge on any atom is 0.191 e. The summed E-state index contributed by atoms with van der Waals surface area (Å²) in [6, 6.07) is 6.61. The van der Waals surface area contributed by atoms with Crippen molar-refractivity contribution in [3.8, 4) is 5.75 Å². The van der Waals surface area contributed by atoms with Gasteiger partial charge < -0.3 is 4.74 Å². The molecule has 2 rings (SSSR count). The van der Waals surface area contributed by atoms with Crippen molar-refractivity contribution < 1.29 is 17.9 Å². The third-order valence-electron chi connectivity index (χ3n) is 2.90. The summed E-state index contributed by atoms with van der Waals surface area (Å²) in [6.45, 7) is 1.68. The molecule has 0 fully saturated rings. The molecule has 0 bridgehead atoms. The first-order chi connectivity index (χ1) is 9.51. The number of ether oxygens (including phenoxy) is 1. The van der Waals surface area contributed by atoms with Crippen molar-refractivity contribution in [2.24, 2.45) is 0 Å². The number of aryl methyl sites for hydroxylation is 1. The van der Waals surface area contributed by atoms with Crippen molar-refractivity contribution in [1.82, 2.24) is 0 Å². The van der Waals surface area contributed by atoms with E-state index in [1.807, 2.05) is 0 Å². The van der Waals surface area contributed by atoms with Crippen LogP contribution in [0.4, 0.5) is 13.2 Å². The lowest BCUT2D eigenvalue weighted by Gasteiger charge is -2.11. The van der Waals surface area contributed by atoms with Crippen molar-refractivity contribution in [2.75, 3.05) is 0 Å². The summed E-state index contributed by atoms with van der Waals surface area (Å²) in [5.74, 6) is -2.40. The van der Waals surface area contributed by atoms with Gasteiger partial charge in [0.05, 0.1) is 0 Å². The van der Waals surface area contributed by atoms with E-state index < -0.39 is 23.2 Å². The lowest BCUT2D eigenvalue weighted by Crippen LogP contribution is -2.02. The van der Waals surface area contributed by atoms with E-state index in [4.69, 9.17) is 4.74 Å². The quantitative estimate of drug-likeness (QED) is 0.718. The molecule has 0 saturated carbocycles. The molecule has 2 aromatic rings. The minimum Gasteiger partial charge on any atom is -0.483 e. The highest BCUT2D eigenvalue weighted by Crippen LogP contribution is 2.25. The fourth-order valence-electron chi connectivity index (χ4n) is 1.77. The van der Waals surface area contributed by atoms with Crippen LogP contribution in [-0.4, -0.2) is 0 Å². The molecule has 0 spiro atoms. The van der Waals surface area contributed by atoms with Crippen LogP contribution in [0.25, 0.3) is 0 Å². The van der Waals surface area contributed by atoms with Crippen LogP contribution in [0.3, 0.4) is 0 Å². The van der Waals surface area contributed by atoms with Gasteiger partial charge in [-0.25, -0.2) is 13.2 Å². The van der Waals surface area contributed by atoms with Gasteiger partial charge >= 0.3 is 0 Å². The molecular formula is C15H12BrF3O. The maximum absolute atomic E-state index is 13.7. The van der Waals surface area contributed by atoms with Gasteiger partial charge in [0.15, 0.2) is 17.4 Å². The summed E-state index contributed by atoms with van der Waals surface area (Å²) < 4.78 is 45.7. The van der Waals surface area contributed by atoms with Crippen LogP contribution in [0.15, 0.2) is 30.3 Å². The Morgan fingerprint density at radius 2 is 1.70 bits per heavy atom. The first-order valence-electron chi connectivity index (χ1n) is 5.93. The predicted octanol–water partition coefficient (Wildman–Crippen LogP) is 4.89. The Hall–Kier alpha value is -1.49. The highest BCUT2D eigenvalue weighted by Gasteiger charge is 2.13. The van der Waals surface area contributed by atoms with Gasteiger partial charge in [-0.1, -0.05) is 22.0 Å². The minimum absolute atomic E-state index is 0.0922. The van der Waals surface area contributed by atoms with Crippen molar-refractivity contribution in [1.29, 1.82) is 0 Å². The van der Waals surface area contributed by atoms with Crippen LogP contribution >= 0.6 is 15.9 Å². The molecule has 1 nitrogen and oxygen atoms in total. The first-order valence-corrected chi connectivity index (χ1v) is 7.05. The highest BCUT2D eigenvalue weighted by atomic mass is 79.9. The number of halogens is 4. The molecule has 0 N–H and O–H groups in total. The van der Waals surface area contributed by atoms with E-state index >= 15 is 0 Å². The Labute approximate surface area is 123 Å². The molecule has 0 atom stereocenters. The van der Waals surface area contributed by atoms with E-state index in [2.05, 4.69) is 15.9 Å². The molecule has 0 aliphatic heterocycles. The molecule has 0 aromatic heterocycles. The summed E-state index contributed by atoms with van der Waals surface area (Å²) in [7, 11) is 0. The van der Waals surface area contributed by atoms with E-state index in [0.717, 1.165) is 5.56 Å². The van der Waals surface area contributed by atoms with Gasteiger partial charge in [0.1, 0.15) is 12.4 Å². The van der Waals surface area contributed by atoms with Gasteiger partial charge in [0.2, 0.25) is 0 Å². The van der Waals surface area contributed by atoms with Crippen LogP contribution < -0.4 is 4.74 Å². The smallest absolute Gasteiger partial charge is 0.191 e. The fraction of sp³-hybridized carbons (Fsp3) is 0.200. The highest BCUT2D eigenvalue weighted by molar-refractivity contribution is 9.08. The molecule has 0 aliphatic carbocycles.